The molecule has 1 aromatic rings. The number of amides is 1. The third-order valence-electron chi connectivity index (χ3n) is 4.02. The molecule has 0 aromatic heterocycles. The molecule has 1 saturated heterocycles. The van der Waals surface area contributed by atoms with Gasteiger partial charge in [0.2, 0.25) is 5.91 Å². The molecule has 132 valence electrons. The summed E-state index contributed by atoms with van der Waals surface area (Å²) in [6.07, 6.45) is 3.16. The molecule has 1 atom stereocenters. The number of nitrogens with zero attached hydrogens (tertiary/aromatic N) is 1. The summed E-state index contributed by atoms with van der Waals surface area (Å²) >= 11 is 0. The predicted octanol–water partition coefficient (Wildman–Crippen LogP) is 3.02. The van der Waals surface area contributed by atoms with Crippen molar-refractivity contribution in [3.05, 3.63) is 29.3 Å². The number of rotatable bonds is 5. The zero-order valence-electron chi connectivity index (χ0n) is 14.8. The van der Waals surface area contributed by atoms with Gasteiger partial charge >= 0.3 is 5.97 Å². The van der Waals surface area contributed by atoms with Crippen LogP contribution in [0.1, 0.15) is 44.2 Å². The quantitative estimate of drug-likeness (QED) is 0.614. The first kappa shape index (κ1) is 18.5. The third-order valence-corrected chi connectivity index (χ3v) is 4.02. The molecule has 3 rings (SSSR count). The molecule has 0 N–H and O–H groups in total. The monoisotopic (exact) mass is 333 g/mol. The van der Waals surface area contributed by atoms with Crippen molar-refractivity contribution < 1.29 is 19.1 Å². The van der Waals surface area contributed by atoms with E-state index in [1.807, 2.05) is 18.7 Å². The Morgan fingerprint density at radius 1 is 1.33 bits per heavy atom. The second-order valence-corrected chi connectivity index (χ2v) is 6.17. The molecule has 2 aliphatic rings. The van der Waals surface area contributed by atoms with E-state index < -0.39 is 0 Å². The highest BCUT2D eigenvalue weighted by Crippen LogP contribution is 2.28. The van der Waals surface area contributed by atoms with Crippen LogP contribution in [0, 0.1) is 6.92 Å². The van der Waals surface area contributed by atoms with E-state index in [9.17, 15) is 9.59 Å². The van der Waals surface area contributed by atoms with Gasteiger partial charge in [-0.3, -0.25) is 9.59 Å². The summed E-state index contributed by atoms with van der Waals surface area (Å²) in [4.78, 5) is 24.2. The molecule has 1 aromatic carbocycles. The number of fused-ring (bicyclic) bond motifs is 1. The number of carbonyl (C=O) groups is 2. The van der Waals surface area contributed by atoms with Gasteiger partial charge < -0.3 is 14.4 Å². The molecule has 0 aliphatic carbocycles. The van der Waals surface area contributed by atoms with Crippen molar-refractivity contribution in [3.63, 3.8) is 0 Å². The largest absolute Gasteiger partial charge is 0.463 e. The van der Waals surface area contributed by atoms with Gasteiger partial charge in [-0.1, -0.05) is 31.5 Å². The van der Waals surface area contributed by atoms with Crippen molar-refractivity contribution in [1.82, 2.24) is 0 Å². The maximum absolute atomic E-state index is 11.6. The van der Waals surface area contributed by atoms with Crippen molar-refractivity contribution in [2.45, 2.75) is 52.6 Å². The number of hydrogen-bond donors (Lipinski definition) is 0. The molecule has 5 nitrogen and oxygen atoms in total. The van der Waals surface area contributed by atoms with Crippen LogP contribution in [0.15, 0.2) is 18.2 Å². The lowest BCUT2D eigenvalue weighted by atomic mass is 10.1. The summed E-state index contributed by atoms with van der Waals surface area (Å²) in [5.74, 6) is 0.116. The maximum Gasteiger partial charge on any atom is 0.305 e. The van der Waals surface area contributed by atoms with E-state index in [0.717, 1.165) is 31.7 Å². The molecule has 0 bridgehead atoms. The molecule has 1 amide bonds. The number of epoxide rings is 1. The third kappa shape index (κ3) is 5.34. The first-order valence-corrected chi connectivity index (χ1v) is 8.72. The number of anilines is 1. The van der Waals surface area contributed by atoms with Crippen LogP contribution in [-0.2, 0) is 25.5 Å². The van der Waals surface area contributed by atoms with E-state index in [0.29, 0.717) is 19.4 Å². The fourth-order valence-electron chi connectivity index (χ4n) is 2.61. The Labute approximate surface area is 143 Å². The molecular weight excluding hydrogens is 306 g/mol. The van der Waals surface area contributed by atoms with E-state index in [4.69, 9.17) is 9.47 Å². The van der Waals surface area contributed by atoms with Crippen LogP contribution in [0.5, 0.6) is 0 Å². The Balaban J connectivity index is 0.000000185. The van der Waals surface area contributed by atoms with E-state index >= 15 is 0 Å². The van der Waals surface area contributed by atoms with Gasteiger partial charge in [-0.15, -0.1) is 0 Å². The highest BCUT2D eigenvalue weighted by molar-refractivity contribution is 5.95. The van der Waals surface area contributed by atoms with Crippen LogP contribution in [-0.4, -0.2) is 37.7 Å². The summed E-state index contributed by atoms with van der Waals surface area (Å²) in [5.41, 5.74) is 3.70. The standard InChI is InChI=1S/C12H15NO.C7H12O3/c1-3-12(14)13-7-6-10-8-9(2)4-5-11(10)13;1-2-3-7(8)10-5-6-4-9-6/h4-5,8H,3,6-7H2,1-2H3;6H,2-5H2,1H3/t;6-/m.1/s1. The topological polar surface area (TPSA) is 59.1 Å². The van der Waals surface area contributed by atoms with Crippen LogP contribution in [0.3, 0.4) is 0 Å². The average Bonchev–Trinajstić information content (AvgIpc) is 3.31. The molecule has 0 saturated carbocycles. The summed E-state index contributed by atoms with van der Waals surface area (Å²) < 4.78 is 9.70. The fraction of sp³-hybridized carbons (Fsp3) is 0.579. The lowest BCUT2D eigenvalue weighted by Gasteiger charge is -2.16. The van der Waals surface area contributed by atoms with E-state index in [1.165, 1.54) is 11.1 Å². The van der Waals surface area contributed by atoms with Crippen LogP contribution in [0.2, 0.25) is 0 Å². The number of esters is 1. The first-order valence-electron chi connectivity index (χ1n) is 8.72. The Bertz CT molecular complexity index is 581. The highest BCUT2D eigenvalue weighted by Gasteiger charge is 2.24. The minimum Gasteiger partial charge on any atom is -0.463 e. The highest BCUT2D eigenvalue weighted by atomic mass is 16.6. The molecule has 24 heavy (non-hydrogen) atoms. The average molecular weight is 333 g/mol. The lowest BCUT2D eigenvalue weighted by molar-refractivity contribution is -0.144. The zero-order valence-corrected chi connectivity index (χ0v) is 14.8. The van der Waals surface area contributed by atoms with Crippen LogP contribution >= 0.6 is 0 Å². The second kappa shape index (κ2) is 8.83. The van der Waals surface area contributed by atoms with Crippen molar-refractivity contribution in [2.75, 3.05) is 24.7 Å². The van der Waals surface area contributed by atoms with Gasteiger partial charge in [0.1, 0.15) is 12.7 Å². The molecule has 0 radical (unpaired) electrons. The van der Waals surface area contributed by atoms with E-state index in [-0.39, 0.29) is 18.0 Å². The first-order chi connectivity index (χ1) is 11.5. The molecule has 0 spiro atoms. The minimum absolute atomic E-state index is 0.113. The Hall–Kier alpha value is -1.88. The number of hydrogen-bond acceptors (Lipinski definition) is 4. The summed E-state index contributed by atoms with van der Waals surface area (Å²) in [7, 11) is 0. The second-order valence-electron chi connectivity index (χ2n) is 6.17. The van der Waals surface area contributed by atoms with Gasteiger partial charge in [-0.05, 0) is 31.4 Å². The number of aryl methyl sites for hydroxylation is 1. The zero-order chi connectivity index (χ0) is 17.5. The van der Waals surface area contributed by atoms with E-state index in [2.05, 4.69) is 25.1 Å². The summed E-state index contributed by atoms with van der Waals surface area (Å²) in [5, 5.41) is 0. The van der Waals surface area contributed by atoms with E-state index in [1.54, 1.807) is 0 Å². The molecule has 2 heterocycles. The number of ether oxygens (including phenoxy) is 2. The molecular formula is C19H27NO4. The van der Waals surface area contributed by atoms with Gasteiger partial charge in [0, 0.05) is 25.1 Å². The Morgan fingerprint density at radius 3 is 2.71 bits per heavy atom. The Kier molecular flexibility index (Phi) is 6.79. The van der Waals surface area contributed by atoms with Gasteiger partial charge in [-0.25, -0.2) is 0 Å². The van der Waals surface area contributed by atoms with Crippen molar-refractivity contribution in [3.8, 4) is 0 Å². The minimum atomic E-state index is -0.113. The van der Waals surface area contributed by atoms with Crippen molar-refractivity contribution in [2.24, 2.45) is 0 Å². The van der Waals surface area contributed by atoms with Crippen molar-refractivity contribution in [1.29, 1.82) is 0 Å². The predicted molar refractivity (Wildman–Crippen MR) is 93.1 cm³/mol. The van der Waals surface area contributed by atoms with Gasteiger partial charge in [-0.2, -0.15) is 0 Å². The van der Waals surface area contributed by atoms with Crippen LogP contribution < -0.4 is 4.90 Å². The Morgan fingerprint density at radius 2 is 2.08 bits per heavy atom. The lowest BCUT2D eigenvalue weighted by Crippen LogP contribution is -2.27. The summed E-state index contributed by atoms with van der Waals surface area (Å²) in [6.45, 7) is 8.00. The molecule has 5 heteroatoms. The molecule has 2 aliphatic heterocycles. The van der Waals surface area contributed by atoms with Gasteiger partial charge in [0.15, 0.2) is 0 Å². The number of benzene rings is 1. The summed E-state index contributed by atoms with van der Waals surface area (Å²) in [6, 6.07) is 6.31. The fourth-order valence-corrected chi connectivity index (χ4v) is 2.61. The van der Waals surface area contributed by atoms with Gasteiger partial charge in [0.25, 0.3) is 0 Å². The maximum atomic E-state index is 11.6. The number of carbonyl (C=O) groups excluding carboxylic acids is 2. The molecule has 1 fully saturated rings. The normalized spacial score (nSPS) is 17.6. The van der Waals surface area contributed by atoms with Crippen molar-refractivity contribution >= 4 is 17.6 Å². The SMILES string of the molecule is CCC(=O)N1CCc2cc(C)ccc21.CCCC(=O)OC[C@H]1CO1. The van der Waals surface area contributed by atoms with Crippen LogP contribution in [0.4, 0.5) is 5.69 Å². The van der Waals surface area contributed by atoms with Gasteiger partial charge in [0.05, 0.1) is 6.61 Å². The molecule has 0 unspecified atom stereocenters. The van der Waals surface area contributed by atoms with Crippen LogP contribution in [0.25, 0.3) is 0 Å². The smallest absolute Gasteiger partial charge is 0.305 e.